The summed E-state index contributed by atoms with van der Waals surface area (Å²) >= 11 is 11.5. The number of hydrogen-bond acceptors (Lipinski definition) is 2. The molecule has 0 amide bonds. The average Bonchev–Trinajstić information content (AvgIpc) is 2.19. The van der Waals surface area contributed by atoms with E-state index in [4.69, 9.17) is 23.2 Å². The van der Waals surface area contributed by atoms with Gasteiger partial charge in [0.05, 0.1) is 0 Å². The van der Waals surface area contributed by atoms with Crippen molar-refractivity contribution in [3.63, 3.8) is 0 Å². The number of benzene rings is 1. The second kappa shape index (κ2) is 3.95. The van der Waals surface area contributed by atoms with Crippen LogP contribution in [0.2, 0.25) is 10.4 Å². The van der Waals surface area contributed by atoms with Crippen molar-refractivity contribution in [1.29, 1.82) is 0 Å². The van der Waals surface area contributed by atoms with Crippen LogP contribution < -0.4 is 0 Å². The highest BCUT2D eigenvalue weighted by molar-refractivity contribution is 6.33. The van der Waals surface area contributed by atoms with Crippen molar-refractivity contribution in [2.24, 2.45) is 0 Å². The smallest absolute Gasteiger partial charge is 0.223 e. The molecule has 70 valence electrons. The molecule has 0 aliphatic heterocycles. The molecule has 0 fully saturated rings. The SMILES string of the molecule is Clc1ncc(-c2ccccc2)c(Cl)n1. The summed E-state index contributed by atoms with van der Waals surface area (Å²) in [6.45, 7) is 0. The maximum atomic E-state index is 5.93. The minimum Gasteiger partial charge on any atom is -0.226 e. The molecule has 2 rings (SSSR count). The lowest BCUT2D eigenvalue weighted by atomic mass is 10.1. The van der Waals surface area contributed by atoms with Crippen LogP contribution in [-0.2, 0) is 0 Å². The van der Waals surface area contributed by atoms with Gasteiger partial charge in [0.15, 0.2) is 0 Å². The van der Waals surface area contributed by atoms with Crippen molar-refractivity contribution in [1.82, 2.24) is 9.97 Å². The minimum atomic E-state index is 0.162. The molecule has 0 spiro atoms. The van der Waals surface area contributed by atoms with Gasteiger partial charge in [-0.15, -0.1) is 0 Å². The second-order valence-electron chi connectivity index (χ2n) is 2.71. The summed E-state index contributed by atoms with van der Waals surface area (Å²) in [5.74, 6) is 0. The third-order valence-electron chi connectivity index (χ3n) is 1.80. The number of aromatic nitrogens is 2. The Morgan fingerprint density at radius 1 is 1.00 bits per heavy atom. The van der Waals surface area contributed by atoms with E-state index in [1.54, 1.807) is 6.20 Å². The number of hydrogen-bond donors (Lipinski definition) is 0. The molecule has 2 aromatic rings. The number of halogens is 2. The van der Waals surface area contributed by atoms with Gasteiger partial charge in [-0.3, -0.25) is 0 Å². The van der Waals surface area contributed by atoms with E-state index in [0.717, 1.165) is 11.1 Å². The lowest BCUT2D eigenvalue weighted by Crippen LogP contribution is -1.87. The minimum absolute atomic E-state index is 0.162. The fraction of sp³-hybridized carbons (Fsp3) is 0. The molecule has 0 radical (unpaired) electrons. The first kappa shape index (κ1) is 9.44. The molecule has 0 bridgehead atoms. The van der Waals surface area contributed by atoms with Crippen LogP contribution in [0.1, 0.15) is 0 Å². The van der Waals surface area contributed by atoms with Gasteiger partial charge in [0, 0.05) is 11.8 Å². The van der Waals surface area contributed by atoms with Gasteiger partial charge in [0.2, 0.25) is 5.28 Å². The molecule has 0 saturated heterocycles. The van der Waals surface area contributed by atoms with Gasteiger partial charge in [0.25, 0.3) is 0 Å². The quantitative estimate of drug-likeness (QED) is 0.548. The van der Waals surface area contributed by atoms with Crippen LogP contribution in [0, 0.1) is 0 Å². The normalized spacial score (nSPS) is 10.1. The van der Waals surface area contributed by atoms with Gasteiger partial charge in [-0.05, 0) is 17.2 Å². The van der Waals surface area contributed by atoms with E-state index in [2.05, 4.69) is 9.97 Å². The zero-order valence-electron chi connectivity index (χ0n) is 7.11. The second-order valence-corrected chi connectivity index (χ2v) is 3.41. The van der Waals surface area contributed by atoms with Crippen molar-refractivity contribution < 1.29 is 0 Å². The Morgan fingerprint density at radius 2 is 1.71 bits per heavy atom. The highest BCUT2D eigenvalue weighted by Crippen LogP contribution is 2.25. The molecule has 0 aliphatic rings. The lowest BCUT2D eigenvalue weighted by molar-refractivity contribution is 1.17. The van der Waals surface area contributed by atoms with Gasteiger partial charge in [0.1, 0.15) is 5.15 Å². The van der Waals surface area contributed by atoms with Crippen LogP contribution in [0.15, 0.2) is 36.5 Å². The third kappa shape index (κ3) is 1.86. The Kier molecular flexibility index (Phi) is 2.66. The first-order valence-corrected chi connectivity index (χ1v) is 4.76. The Morgan fingerprint density at radius 3 is 2.36 bits per heavy atom. The molecule has 0 unspecified atom stereocenters. The summed E-state index contributed by atoms with van der Waals surface area (Å²) in [7, 11) is 0. The van der Waals surface area contributed by atoms with Crippen molar-refractivity contribution in [3.8, 4) is 11.1 Å². The van der Waals surface area contributed by atoms with E-state index in [-0.39, 0.29) is 5.28 Å². The van der Waals surface area contributed by atoms with E-state index in [0.29, 0.717) is 5.15 Å². The standard InChI is InChI=1S/C10H6Cl2N2/c11-9-8(6-13-10(12)14-9)7-4-2-1-3-5-7/h1-6H. The molecule has 4 heteroatoms. The summed E-state index contributed by atoms with van der Waals surface area (Å²) in [5, 5.41) is 0.533. The van der Waals surface area contributed by atoms with Crippen LogP contribution in [0.5, 0.6) is 0 Å². The van der Waals surface area contributed by atoms with E-state index in [9.17, 15) is 0 Å². The zero-order chi connectivity index (χ0) is 9.97. The number of rotatable bonds is 1. The molecule has 2 nitrogen and oxygen atoms in total. The molecule has 1 aromatic carbocycles. The van der Waals surface area contributed by atoms with Gasteiger partial charge in [-0.25, -0.2) is 9.97 Å². The van der Waals surface area contributed by atoms with Crippen molar-refractivity contribution in [3.05, 3.63) is 47.0 Å². The van der Waals surface area contributed by atoms with E-state index >= 15 is 0 Å². The largest absolute Gasteiger partial charge is 0.226 e. The maximum Gasteiger partial charge on any atom is 0.223 e. The van der Waals surface area contributed by atoms with E-state index < -0.39 is 0 Å². The van der Waals surface area contributed by atoms with Crippen molar-refractivity contribution >= 4 is 23.2 Å². The average molecular weight is 225 g/mol. The van der Waals surface area contributed by atoms with E-state index in [1.807, 2.05) is 30.3 Å². The Hall–Kier alpha value is -1.12. The highest BCUT2D eigenvalue weighted by atomic mass is 35.5. The summed E-state index contributed by atoms with van der Waals surface area (Å²) in [6.07, 6.45) is 1.62. The summed E-state index contributed by atoms with van der Waals surface area (Å²) in [4.78, 5) is 7.76. The molecule has 14 heavy (non-hydrogen) atoms. The predicted octanol–water partition coefficient (Wildman–Crippen LogP) is 3.45. The fourth-order valence-electron chi connectivity index (χ4n) is 1.15. The topological polar surface area (TPSA) is 25.8 Å². The van der Waals surface area contributed by atoms with Crippen LogP contribution >= 0.6 is 23.2 Å². The first-order valence-electron chi connectivity index (χ1n) is 4.01. The molecule has 0 N–H and O–H groups in total. The molecular weight excluding hydrogens is 219 g/mol. The van der Waals surface area contributed by atoms with Gasteiger partial charge in [-0.1, -0.05) is 41.9 Å². The van der Waals surface area contributed by atoms with Crippen molar-refractivity contribution in [2.45, 2.75) is 0 Å². The van der Waals surface area contributed by atoms with Crippen LogP contribution in [0.4, 0.5) is 0 Å². The Labute approximate surface area is 91.5 Å². The molecular formula is C10H6Cl2N2. The van der Waals surface area contributed by atoms with Gasteiger partial charge < -0.3 is 0 Å². The summed E-state index contributed by atoms with van der Waals surface area (Å²) < 4.78 is 0. The zero-order valence-corrected chi connectivity index (χ0v) is 8.63. The Bertz CT molecular complexity index is 443. The van der Waals surface area contributed by atoms with Crippen LogP contribution in [0.25, 0.3) is 11.1 Å². The maximum absolute atomic E-state index is 5.93. The molecule has 0 atom stereocenters. The summed E-state index contributed by atoms with van der Waals surface area (Å²) in [6, 6.07) is 9.69. The molecule has 0 aliphatic carbocycles. The molecule has 0 saturated carbocycles. The first-order chi connectivity index (χ1) is 6.77. The van der Waals surface area contributed by atoms with Crippen molar-refractivity contribution in [2.75, 3.05) is 0 Å². The Balaban J connectivity index is 2.53. The fourth-order valence-corrected chi connectivity index (χ4v) is 1.57. The molecule has 1 heterocycles. The van der Waals surface area contributed by atoms with Crippen LogP contribution in [-0.4, -0.2) is 9.97 Å². The molecule has 1 aromatic heterocycles. The van der Waals surface area contributed by atoms with Gasteiger partial charge >= 0.3 is 0 Å². The third-order valence-corrected chi connectivity index (χ3v) is 2.27. The van der Waals surface area contributed by atoms with E-state index in [1.165, 1.54) is 0 Å². The lowest BCUT2D eigenvalue weighted by Gasteiger charge is -2.02. The van der Waals surface area contributed by atoms with Crippen LogP contribution in [0.3, 0.4) is 0 Å². The predicted molar refractivity (Wildman–Crippen MR) is 57.5 cm³/mol. The highest BCUT2D eigenvalue weighted by Gasteiger charge is 2.05. The van der Waals surface area contributed by atoms with Gasteiger partial charge in [-0.2, -0.15) is 0 Å². The summed E-state index contributed by atoms with van der Waals surface area (Å²) in [5.41, 5.74) is 1.77. The number of nitrogens with zero attached hydrogens (tertiary/aromatic N) is 2. The monoisotopic (exact) mass is 224 g/mol.